The number of morpholine rings is 1. The van der Waals surface area contributed by atoms with E-state index in [1.807, 2.05) is 25.1 Å². The first kappa shape index (κ1) is 20.4. The Morgan fingerprint density at radius 1 is 1.39 bits per heavy atom. The molecule has 1 aromatic carbocycles. The number of urea groups is 1. The standard InChI is InChI=1S/C20H29N3O5/c1-13-16-6-4-5-7-17(16)28-19(13)14(2)21-20(26)23-8-9-27-15(11-23)10-22(3)12-18(24)25/h4-7,13-15,19H,8-12H2,1-3H3,(H,21,26)(H,24,25). The lowest BCUT2D eigenvalue weighted by Gasteiger charge is -2.35. The molecule has 0 bridgehead atoms. The molecule has 2 aliphatic rings. The van der Waals surface area contributed by atoms with Crippen LogP contribution >= 0.6 is 0 Å². The zero-order chi connectivity index (χ0) is 20.3. The van der Waals surface area contributed by atoms with Crippen LogP contribution in [0.25, 0.3) is 0 Å². The van der Waals surface area contributed by atoms with Crippen LogP contribution < -0.4 is 10.1 Å². The number of rotatable bonds is 6. The van der Waals surface area contributed by atoms with Gasteiger partial charge in [0.05, 0.1) is 25.3 Å². The number of carboxylic acid groups (broad SMARTS) is 1. The van der Waals surface area contributed by atoms with Crippen LogP contribution in [0.3, 0.4) is 0 Å². The number of carbonyl (C=O) groups excluding carboxylic acids is 1. The number of likely N-dealkylation sites (N-methyl/N-ethyl adjacent to an activating group) is 1. The van der Waals surface area contributed by atoms with Crippen LogP contribution in [-0.2, 0) is 9.53 Å². The fourth-order valence-corrected chi connectivity index (χ4v) is 3.95. The molecule has 2 heterocycles. The van der Waals surface area contributed by atoms with Crippen LogP contribution in [0.15, 0.2) is 24.3 Å². The van der Waals surface area contributed by atoms with Gasteiger partial charge in [-0.1, -0.05) is 25.1 Å². The molecule has 1 saturated heterocycles. The van der Waals surface area contributed by atoms with E-state index >= 15 is 0 Å². The van der Waals surface area contributed by atoms with Crippen molar-refractivity contribution in [3.8, 4) is 5.75 Å². The lowest BCUT2D eigenvalue weighted by molar-refractivity contribution is -0.138. The highest BCUT2D eigenvalue weighted by atomic mass is 16.5. The maximum atomic E-state index is 12.7. The first-order valence-corrected chi connectivity index (χ1v) is 9.68. The molecule has 0 aromatic heterocycles. The highest BCUT2D eigenvalue weighted by Gasteiger charge is 2.36. The normalized spacial score (nSPS) is 25.1. The minimum Gasteiger partial charge on any atom is -0.487 e. The van der Waals surface area contributed by atoms with Crippen LogP contribution in [-0.4, -0.2) is 85.0 Å². The van der Waals surface area contributed by atoms with Crippen molar-refractivity contribution in [1.82, 2.24) is 15.1 Å². The first-order valence-electron chi connectivity index (χ1n) is 9.68. The van der Waals surface area contributed by atoms with E-state index in [1.165, 1.54) is 5.56 Å². The number of nitrogens with zero attached hydrogens (tertiary/aromatic N) is 2. The predicted octanol–water partition coefficient (Wildman–Crippen LogP) is 1.37. The molecule has 154 valence electrons. The Balaban J connectivity index is 1.52. The van der Waals surface area contributed by atoms with Gasteiger partial charge in [-0.2, -0.15) is 0 Å². The highest BCUT2D eigenvalue weighted by Crippen LogP contribution is 2.38. The van der Waals surface area contributed by atoms with Crippen LogP contribution in [0.2, 0.25) is 0 Å². The minimum atomic E-state index is -0.881. The van der Waals surface area contributed by atoms with Gasteiger partial charge in [0.15, 0.2) is 0 Å². The number of hydrogen-bond acceptors (Lipinski definition) is 5. The smallest absolute Gasteiger partial charge is 0.317 e. The number of benzene rings is 1. The molecule has 2 amide bonds. The third-order valence-electron chi connectivity index (χ3n) is 5.36. The number of ether oxygens (including phenoxy) is 2. The number of nitrogens with one attached hydrogen (secondary N) is 1. The summed E-state index contributed by atoms with van der Waals surface area (Å²) in [5, 5.41) is 11.9. The SMILES string of the molecule is CC(NC(=O)N1CCOC(CN(C)CC(=O)O)C1)C1Oc2ccccc2C1C. The zero-order valence-electron chi connectivity index (χ0n) is 16.6. The Labute approximate surface area is 165 Å². The molecule has 2 N–H and O–H groups in total. The van der Waals surface area contributed by atoms with Crippen molar-refractivity contribution in [2.75, 3.05) is 39.8 Å². The topological polar surface area (TPSA) is 91.3 Å². The van der Waals surface area contributed by atoms with Gasteiger partial charge in [0, 0.05) is 31.1 Å². The fourth-order valence-electron chi connectivity index (χ4n) is 3.95. The molecule has 28 heavy (non-hydrogen) atoms. The second-order valence-electron chi connectivity index (χ2n) is 7.68. The number of amides is 2. The summed E-state index contributed by atoms with van der Waals surface area (Å²) in [5.74, 6) is 0.205. The molecule has 4 atom stereocenters. The van der Waals surface area contributed by atoms with Crippen LogP contribution in [0, 0.1) is 0 Å². The van der Waals surface area contributed by atoms with Crippen molar-refractivity contribution in [3.63, 3.8) is 0 Å². The monoisotopic (exact) mass is 391 g/mol. The lowest BCUT2D eigenvalue weighted by Crippen LogP contribution is -2.55. The third-order valence-corrected chi connectivity index (χ3v) is 5.36. The van der Waals surface area contributed by atoms with E-state index in [-0.39, 0.29) is 36.7 Å². The Morgan fingerprint density at radius 2 is 2.14 bits per heavy atom. The number of carbonyl (C=O) groups is 2. The highest BCUT2D eigenvalue weighted by molar-refractivity contribution is 5.74. The lowest BCUT2D eigenvalue weighted by atomic mass is 9.94. The average molecular weight is 391 g/mol. The van der Waals surface area contributed by atoms with Crippen molar-refractivity contribution in [3.05, 3.63) is 29.8 Å². The van der Waals surface area contributed by atoms with Gasteiger partial charge in [0.25, 0.3) is 0 Å². The van der Waals surface area contributed by atoms with Gasteiger partial charge in [-0.25, -0.2) is 4.79 Å². The Bertz CT molecular complexity index is 713. The van der Waals surface area contributed by atoms with Crippen molar-refractivity contribution in [1.29, 1.82) is 0 Å². The molecule has 0 radical (unpaired) electrons. The maximum absolute atomic E-state index is 12.7. The van der Waals surface area contributed by atoms with Crippen molar-refractivity contribution < 1.29 is 24.2 Å². The molecule has 8 nitrogen and oxygen atoms in total. The van der Waals surface area contributed by atoms with E-state index in [1.54, 1.807) is 16.8 Å². The number of hydrogen-bond donors (Lipinski definition) is 2. The third kappa shape index (κ3) is 4.74. The molecular weight excluding hydrogens is 362 g/mol. The zero-order valence-corrected chi connectivity index (χ0v) is 16.6. The molecule has 0 aliphatic carbocycles. The quantitative estimate of drug-likeness (QED) is 0.761. The second kappa shape index (κ2) is 8.79. The number of para-hydroxylation sites is 1. The Hall–Kier alpha value is -2.32. The number of aliphatic carboxylic acids is 1. The van der Waals surface area contributed by atoms with Gasteiger partial charge in [-0.15, -0.1) is 0 Å². The maximum Gasteiger partial charge on any atom is 0.317 e. The van der Waals surface area contributed by atoms with Crippen LogP contribution in [0.4, 0.5) is 4.79 Å². The molecule has 1 aromatic rings. The summed E-state index contributed by atoms with van der Waals surface area (Å²) in [6, 6.07) is 7.68. The fraction of sp³-hybridized carbons (Fsp3) is 0.600. The van der Waals surface area contributed by atoms with E-state index < -0.39 is 5.97 Å². The summed E-state index contributed by atoms with van der Waals surface area (Å²) in [5.41, 5.74) is 1.17. The van der Waals surface area contributed by atoms with Crippen LogP contribution in [0.5, 0.6) is 5.75 Å². The van der Waals surface area contributed by atoms with Gasteiger partial charge in [-0.3, -0.25) is 9.69 Å². The summed E-state index contributed by atoms with van der Waals surface area (Å²) in [6.45, 7) is 5.87. The largest absolute Gasteiger partial charge is 0.487 e. The minimum absolute atomic E-state index is 0.0550. The summed E-state index contributed by atoms with van der Waals surface area (Å²) >= 11 is 0. The molecule has 0 spiro atoms. The van der Waals surface area contributed by atoms with Gasteiger partial charge in [-0.05, 0) is 20.0 Å². The van der Waals surface area contributed by atoms with E-state index in [0.29, 0.717) is 26.2 Å². The van der Waals surface area contributed by atoms with Crippen molar-refractivity contribution >= 4 is 12.0 Å². The van der Waals surface area contributed by atoms with Gasteiger partial charge < -0.3 is 24.8 Å². The number of carboxylic acids is 1. The van der Waals surface area contributed by atoms with E-state index in [2.05, 4.69) is 18.3 Å². The van der Waals surface area contributed by atoms with Crippen molar-refractivity contribution in [2.45, 2.75) is 38.0 Å². The summed E-state index contributed by atoms with van der Waals surface area (Å²) in [4.78, 5) is 27.0. The summed E-state index contributed by atoms with van der Waals surface area (Å²) < 4.78 is 11.8. The first-order chi connectivity index (χ1) is 13.3. The molecule has 4 unspecified atom stereocenters. The van der Waals surface area contributed by atoms with Crippen LogP contribution in [0.1, 0.15) is 25.3 Å². The number of fused-ring (bicyclic) bond motifs is 1. The van der Waals surface area contributed by atoms with Gasteiger partial charge >= 0.3 is 12.0 Å². The average Bonchev–Trinajstić information content (AvgIpc) is 2.98. The van der Waals surface area contributed by atoms with E-state index in [4.69, 9.17) is 14.6 Å². The van der Waals surface area contributed by atoms with Crippen molar-refractivity contribution in [2.24, 2.45) is 0 Å². The molecule has 3 rings (SSSR count). The van der Waals surface area contributed by atoms with E-state index in [9.17, 15) is 9.59 Å². The molecule has 1 fully saturated rings. The Morgan fingerprint density at radius 3 is 2.86 bits per heavy atom. The molecular formula is C20H29N3O5. The molecule has 8 heteroatoms. The van der Waals surface area contributed by atoms with Gasteiger partial charge in [0.1, 0.15) is 11.9 Å². The van der Waals surface area contributed by atoms with E-state index in [0.717, 1.165) is 5.75 Å². The Kier molecular flexibility index (Phi) is 6.41. The van der Waals surface area contributed by atoms with Gasteiger partial charge in [0.2, 0.25) is 0 Å². The molecule has 2 aliphatic heterocycles. The summed E-state index contributed by atoms with van der Waals surface area (Å²) in [6.07, 6.45) is -0.315. The predicted molar refractivity (Wildman–Crippen MR) is 104 cm³/mol. The molecule has 0 saturated carbocycles. The summed E-state index contributed by atoms with van der Waals surface area (Å²) in [7, 11) is 1.73. The second-order valence-corrected chi connectivity index (χ2v) is 7.68.